The van der Waals surface area contributed by atoms with Crippen molar-refractivity contribution >= 4 is 6.03 Å². The Morgan fingerprint density at radius 2 is 2.22 bits per heavy atom. The Labute approximate surface area is 139 Å². The van der Waals surface area contributed by atoms with Gasteiger partial charge in [0.15, 0.2) is 0 Å². The van der Waals surface area contributed by atoms with Crippen LogP contribution in [0.1, 0.15) is 51.6 Å². The van der Waals surface area contributed by atoms with E-state index in [9.17, 15) is 4.79 Å². The third-order valence-corrected chi connectivity index (χ3v) is 5.70. The average molecular weight is 322 g/mol. The molecular weight excluding hydrogens is 292 g/mol. The average Bonchev–Trinajstić information content (AvgIpc) is 2.94. The van der Waals surface area contributed by atoms with E-state index in [-0.39, 0.29) is 29.6 Å². The van der Waals surface area contributed by atoms with Crippen LogP contribution in [0.15, 0.2) is 12.4 Å². The number of nitrogens with zero attached hydrogens (tertiary/aromatic N) is 3. The van der Waals surface area contributed by atoms with Gasteiger partial charge in [0.05, 0.1) is 18.3 Å². The highest BCUT2D eigenvalue weighted by Crippen LogP contribution is 2.50. The molecular formula is C17H30N4O2. The Hall–Kier alpha value is -1.56. The topological polar surface area (TPSA) is 59.4 Å². The highest BCUT2D eigenvalue weighted by molar-refractivity contribution is 5.75. The Morgan fingerprint density at radius 3 is 2.70 bits per heavy atom. The molecule has 0 bridgehead atoms. The number of aryl methyl sites for hydroxylation is 1. The quantitative estimate of drug-likeness (QED) is 0.876. The van der Waals surface area contributed by atoms with E-state index in [1.54, 1.807) is 18.0 Å². The summed E-state index contributed by atoms with van der Waals surface area (Å²) in [7, 11) is 5.54. The van der Waals surface area contributed by atoms with E-state index in [4.69, 9.17) is 4.74 Å². The maximum Gasteiger partial charge on any atom is 0.317 e. The normalized spacial score (nSPS) is 23.9. The minimum Gasteiger partial charge on any atom is -0.381 e. The molecule has 0 aromatic carbocycles. The molecule has 2 rings (SSSR count). The zero-order valence-corrected chi connectivity index (χ0v) is 15.2. The van der Waals surface area contributed by atoms with Crippen LogP contribution in [0.4, 0.5) is 4.79 Å². The minimum absolute atomic E-state index is 0.0350. The largest absolute Gasteiger partial charge is 0.381 e. The molecule has 1 fully saturated rings. The summed E-state index contributed by atoms with van der Waals surface area (Å²) in [5.41, 5.74) is 1.08. The van der Waals surface area contributed by atoms with Gasteiger partial charge in [-0.05, 0) is 26.2 Å². The summed E-state index contributed by atoms with van der Waals surface area (Å²) in [5.74, 6) is 0. The molecule has 6 heteroatoms. The van der Waals surface area contributed by atoms with Crippen LogP contribution in [0.2, 0.25) is 0 Å². The van der Waals surface area contributed by atoms with Gasteiger partial charge in [0, 0.05) is 44.4 Å². The predicted molar refractivity (Wildman–Crippen MR) is 90.1 cm³/mol. The van der Waals surface area contributed by atoms with Crippen LogP contribution in [-0.4, -0.2) is 47.0 Å². The number of carbonyl (C=O) groups is 1. The molecule has 2 amide bonds. The van der Waals surface area contributed by atoms with Gasteiger partial charge in [-0.15, -0.1) is 0 Å². The van der Waals surface area contributed by atoms with Gasteiger partial charge in [0.2, 0.25) is 0 Å². The highest BCUT2D eigenvalue weighted by atomic mass is 16.5. The highest BCUT2D eigenvalue weighted by Gasteiger charge is 2.55. The van der Waals surface area contributed by atoms with Crippen LogP contribution >= 0.6 is 0 Å². The van der Waals surface area contributed by atoms with Crippen LogP contribution < -0.4 is 5.32 Å². The van der Waals surface area contributed by atoms with E-state index < -0.39 is 0 Å². The van der Waals surface area contributed by atoms with E-state index in [0.717, 1.165) is 24.8 Å². The number of rotatable bonds is 6. The van der Waals surface area contributed by atoms with Crippen LogP contribution in [0.25, 0.3) is 0 Å². The molecule has 0 saturated heterocycles. The summed E-state index contributed by atoms with van der Waals surface area (Å²) in [6, 6.07) is 0.130. The number of ether oxygens (including phenoxy) is 1. The van der Waals surface area contributed by atoms with Crippen molar-refractivity contribution in [2.24, 2.45) is 12.5 Å². The number of nitrogens with one attached hydrogen (secondary N) is 1. The first kappa shape index (κ1) is 17.8. The van der Waals surface area contributed by atoms with Crippen LogP contribution in [-0.2, 0) is 11.8 Å². The number of amides is 2. The van der Waals surface area contributed by atoms with E-state index >= 15 is 0 Å². The number of hydrogen-bond donors (Lipinski definition) is 1. The molecule has 1 N–H and O–H groups in total. The van der Waals surface area contributed by atoms with Crippen molar-refractivity contribution in [3.8, 4) is 0 Å². The van der Waals surface area contributed by atoms with Gasteiger partial charge in [-0.25, -0.2) is 4.79 Å². The first-order valence-electron chi connectivity index (χ1n) is 8.44. The van der Waals surface area contributed by atoms with Gasteiger partial charge in [-0.2, -0.15) is 5.10 Å². The predicted octanol–water partition coefficient (Wildman–Crippen LogP) is 2.72. The molecule has 130 valence electrons. The van der Waals surface area contributed by atoms with Gasteiger partial charge in [0.25, 0.3) is 0 Å². The molecule has 6 nitrogen and oxygen atoms in total. The second kappa shape index (κ2) is 6.91. The van der Waals surface area contributed by atoms with Crippen molar-refractivity contribution in [1.82, 2.24) is 20.0 Å². The Bertz CT molecular complexity index is 538. The van der Waals surface area contributed by atoms with Crippen molar-refractivity contribution in [1.29, 1.82) is 0 Å². The SMILES string of the molecule is CCC1(CC)[C@@H](N(C)C(=O)N[C@H](C)c2cnn(C)c2)C[C@H]1OC. The summed E-state index contributed by atoms with van der Waals surface area (Å²) in [5, 5.41) is 7.23. The standard InChI is InChI=1S/C17H30N4O2/c1-7-17(8-2)14(9-15(17)23-6)21(5)16(22)19-12(3)13-10-18-20(4)11-13/h10-12,14-15H,7-9H2,1-6H3,(H,19,22)/t12-,14+,15-/m1/s1. The van der Waals surface area contributed by atoms with Crippen molar-refractivity contribution in [2.75, 3.05) is 14.2 Å². The Morgan fingerprint density at radius 1 is 1.57 bits per heavy atom. The first-order valence-corrected chi connectivity index (χ1v) is 8.44. The van der Waals surface area contributed by atoms with Crippen LogP contribution in [0.5, 0.6) is 0 Å². The molecule has 1 heterocycles. The summed E-state index contributed by atoms with van der Waals surface area (Å²) in [6.07, 6.45) is 6.90. The molecule has 1 aliphatic rings. The number of methoxy groups -OCH3 is 1. The molecule has 1 aliphatic carbocycles. The number of aromatic nitrogens is 2. The van der Waals surface area contributed by atoms with Crippen molar-refractivity contribution < 1.29 is 9.53 Å². The molecule has 1 saturated carbocycles. The van der Waals surface area contributed by atoms with Crippen LogP contribution in [0, 0.1) is 5.41 Å². The Balaban J connectivity index is 2.02. The fourth-order valence-corrected chi connectivity index (χ4v) is 3.95. The molecule has 1 aromatic heterocycles. The number of hydrogen-bond acceptors (Lipinski definition) is 3. The molecule has 1 aromatic rings. The van der Waals surface area contributed by atoms with Gasteiger partial charge in [0.1, 0.15) is 0 Å². The summed E-state index contributed by atoms with van der Waals surface area (Å²) < 4.78 is 7.37. The first-order chi connectivity index (χ1) is 10.9. The molecule has 0 unspecified atom stereocenters. The Kier molecular flexibility index (Phi) is 5.34. The molecule has 0 radical (unpaired) electrons. The van der Waals surface area contributed by atoms with Gasteiger partial charge < -0.3 is 15.0 Å². The minimum atomic E-state index is -0.0606. The van der Waals surface area contributed by atoms with Gasteiger partial charge >= 0.3 is 6.03 Å². The van der Waals surface area contributed by atoms with Crippen molar-refractivity contribution in [3.63, 3.8) is 0 Å². The second-order valence-corrected chi connectivity index (χ2v) is 6.65. The second-order valence-electron chi connectivity index (χ2n) is 6.65. The summed E-state index contributed by atoms with van der Waals surface area (Å²) >= 11 is 0. The lowest BCUT2D eigenvalue weighted by atomic mass is 9.58. The third kappa shape index (κ3) is 3.09. The lowest BCUT2D eigenvalue weighted by Crippen LogP contribution is -2.65. The molecule has 3 atom stereocenters. The maximum absolute atomic E-state index is 12.6. The molecule has 23 heavy (non-hydrogen) atoms. The fraction of sp³-hybridized carbons (Fsp3) is 0.765. The van der Waals surface area contributed by atoms with E-state index in [1.165, 1.54) is 0 Å². The van der Waals surface area contributed by atoms with Gasteiger partial charge in [-0.3, -0.25) is 4.68 Å². The van der Waals surface area contributed by atoms with E-state index in [2.05, 4.69) is 24.3 Å². The monoisotopic (exact) mass is 322 g/mol. The lowest BCUT2D eigenvalue weighted by molar-refractivity contribution is -0.146. The lowest BCUT2D eigenvalue weighted by Gasteiger charge is -2.57. The smallest absolute Gasteiger partial charge is 0.317 e. The summed E-state index contributed by atoms with van der Waals surface area (Å²) in [4.78, 5) is 14.5. The number of urea groups is 1. The number of carbonyl (C=O) groups excluding carboxylic acids is 1. The zero-order chi connectivity index (χ0) is 17.2. The van der Waals surface area contributed by atoms with Crippen LogP contribution in [0.3, 0.4) is 0 Å². The van der Waals surface area contributed by atoms with Gasteiger partial charge in [-0.1, -0.05) is 13.8 Å². The van der Waals surface area contributed by atoms with E-state index in [1.807, 2.05) is 32.1 Å². The fourth-order valence-electron chi connectivity index (χ4n) is 3.95. The van der Waals surface area contributed by atoms with Crippen molar-refractivity contribution in [3.05, 3.63) is 18.0 Å². The zero-order valence-electron chi connectivity index (χ0n) is 15.2. The van der Waals surface area contributed by atoms with Crippen molar-refractivity contribution in [2.45, 2.75) is 58.2 Å². The molecule has 0 aliphatic heterocycles. The summed E-state index contributed by atoms with van der Waals surface area (Å²) in [6.45, 7) is 6.35. The van der Waals surface area contributed by atoms with E-state index in [0.29, 0.717) is 0 Å². The maximum atomic E-state index is 12.6. The molecule has 0 spiro atoms. The third-order valence-electron chi connectivity index (χ3n) is 5.70.